The molecule has 2 saturated carbocycles. The van der Waals surface area contributed by atoms with Crippen LogP contribution in [0.1, 0.15) is 54.5 Å². The second-order valence-corrected chi connectivity index (χ2v) is 7.70. The van der Waals surface area contributed by atoms with E-state index >= 15 is 0 Å². The van der Waals surface area contributed by atoms with Crippen molar-refractivity contribution in [3.05, 3.63) is 77.8 Å². The van der Waals surface area contributed by atoms with Crippen LogP contribution in [0, 0.1) is 5.92 Å². The Morgan fingerprint density at radius 1 is 1.04 bits per heavy atom. The molecule has 3 aromatic rings. The number of benzene rings is 2. The summed E-state index contributed by atoms with van der Waals surface area (Å²) in [5.74, 6) is 2.30. The molecule has 0 unspecified atom stereocenters. The third-order valence-electron chi connectivity index (χ3n) is 5.79. The van der Waals surface area contributed by atoms with Crippen LogP contribution in [0.3, 0.4) is 0 Å². The molecule has 0 saturated heterocycles. The van der Waals surface area contributed by atoms with Gasteiger partial charge in [-0.2, -0.15) is 0 Å². The van der Waals surface area contributed by atoms with Crippen LogP contribution in [0.4, 0.5) is 0 Å². The number of hydrogen-bond donors (Lipinski definition) is 0. The molecule has 2 aliphatic carbocycles. The van der Waals surface area contributed by atoms with Crippen LogP contribution in [0.25, 0.3) is 11.3 Å². The van der Waals surface area contributed by atoms with Crippen LogP contribution in [-0.2, 0) is 9.53 Å². The smallest absolute Gasteiger partial charge is 0.310 e. The van der Waals surface area contributed by atoms with Gasteiger partial charge in [-0.1, -0.05) is 54.6 Å². The molecule has 2 aliphatic rings. The number of nitrogens with zero attached hydrogens (tertiary/aromatic N) is 1. The second-order valence-electron chi connectivity index (χ2n) is 7.70. The summed E-state index contributed by atoms with van der Waals surface area (Å²) in [4.78, 5) is 16.9. The normalized spacial score (nSPS) is 23.4. The first kappa shape index (κ1) is 17.2. The highest BCUT2D eigenvalue weighted by Crippen LogP contribution is 2.61. The summed E-state index contributed by atoms with van der Waals surface area (Å²) in [6.07, 6.45) is 4.17. The fourth-order valence-corrected chi connectivity index (χ4v) is 4.16. The predicted molar refractivity (Wildman–Crippen MR) is 106 cm³/mol. The number of carbonyl (C=O) groups is 1. The molecule has 1 aromatic heterocycles. The summed E-state index contributed by atoms with van der Waals surface area (Å²) < 4.78 is 11.2. The molecule has 1 heterocycles. The Kier molecular flexibility index (Phi) is 4.27. The van der Waals surface area contributed by atoms with Gasteiger partial charge < -0.3 is 9.15 Å². The van der Waals surface area contributed by atoms with Gasteiger partial charge in [0.15, 0.2) is 11.7 Å². The summed E-state index contributed by atoms with van der Waals surface area (Å²) in [7, 11) is 0. The molecular formula is C24H23NO3. The van der Waals surface area contributed by atoms with Gasteiger partial charge in [0.05, 0.1) is 18.7 Å². The zero-order valence-corrected chi connectivity index (χ0v) is 15.9. The molecule has 2 aromatic carbocycles. The van der Waals surface area contributed by atoms with Gasteiger partial charge in [-0.15, -0.1) is 0 Å². The van der Waals surface area contributed by atoms with Crippen molar-refractivity contribution in [3.8, 4) is 11.3 Å². The number of aromatic nitrogens is 1. The summed E-state index contributed by atoms with van der Waals surface area (Å²) in [6, 6.07) is 18.6. The highest BCUT2D eigenvalue weighted by Gasteiger charge is 2.57. The Balaban J connectivity index is 1.39. The van der Waals surface area contributed by atoms with Crippen LogP contribution in [-0.4, -0.2) is 17.6 Å². The van der Waals surface area contributed by atoms with E-state index in [2.05, 4.69) is 41.4 Å². The van der Waals surface area contributed by atoms with Crippen molar-refractivity contribution in [2.24, 2.45) is 5.92 Å². The van der Waals surface area contributed by atoms with E-state index in [0.717, 1.165) is 22.8 Å². The lowest BCUT2D eigenvalue weighted by Crippen LogP contribution is -2.08. The van der Waals surface area contributed by atoms with Crippen molar-refractivity contribution >= 4 is 5.97 Å². The predicted octanol–water partition coefficient (Wildman–Crippen LogP) is 5.28. The van der Waals surface area contributed by atoms with Gasteiger partial charge in [0, 0.05) is 23.3 Å². The number of oxazole rings is 1. The van der Waals surface area contributed by atoms with Crippen molar-refractivity contribution in [2.45, 2.75) is 37.5 Å². The number of carbonyl (C=O) groups excluding carboxylic acids is 1. The Labute approximate surface area is 164 Å². The maximum Gasteiger partial charge on any atom is 0.310 e. The fraction of sp³-hybridized carbons (Fsp3) is 0.333. The monoisotopic (exact) mass is 373 g/mol. The zero-order valence-electron chi connectivity index (χ0n) is 15.9. The number of esters is 1. The number of ether oxygens (including phenoxy) is 1. The molecule has 0 N–H and O–H groups in total. The van der Waals surface area contributed by atoms with Gasteiger partial charge >= 0.3 is 5.97 Å². The van der Waals surface area contributed by atoms with E-state index in [-0.39, 0.29) is 23.7 Å². The van der Waals surface area contributed by atoms with E-state index in [0.29, 0.717) is 12.5 Å². The van der Waals surface area contributed by atoms with E-state index in [1.54, 1.807) is 0 Å². The van der Waals surface area contributed by atoms with Gasteiger partial charge in [0.1, 0.15) is 0 Å². The highest BCUT2D eigenvalue weighted by atomic mass is 16.5. The summed E-state index contributed by atoms with van der Waals surface area (Å²) in [6.45, 7) is 2.27. The van der Waals surface area contributed by atoms with Crippen LogP contribution in [0.2, 0.25) is 0 Å². The Hall–Kier alpha value is -2.88. The molecule has 0 spiro atoms. The maximum atomic E-state index is 12.5. The van der Waals surface area contributed by atoms with Gasteiger partial charge in [-0.25, -0.2) is 4.98 Å². The topological polar surface area (TPSA) is 52.3 Å². The molecule has 4 heteroatoms. The van der Waals surface area contributed by atoms with Crippen LogP contribution >= 0.6 is 0 Å². The maximum absolute atomic E-state index is 12.5. The minimum Gasteiger partial charge on any atom is -0.466 e. The van der Waals surface area contributed by atoms with Crippen molar-refractivity contribution in [2.75, 3.05) is 6.61 Å². The van der Waals surface area contributed by atoms with Crippen LogP contribution in [0.5, 0.6) is 0 Å². The molecule has 2 fully saturated rings. The average molecular weight is 373 g/mol. The lowest BCUT2D eigenvalue weighted by molar-refractivity contribution is -0.144. The minimum absolute atomic E-state index is 0.102. The molecule has 0 amide bonds. The zero-order chi connectivity index (χ0) is 19.1. The minimum atomic E-state index is -0.111. The Morgan fingerprint density at radius 3 is 2.36 bits per heavy atom. The lowest BCUT2D eigenvalue weighted by Gasteiger charge is -2.03. The summed E-state index contributed by atoms with van der Waals surface area (Å²) >= 11 is 0. The standard InChI is InChI=1S/C24H23NO3/c1-2-27-24(26)22-20(16-6-4-3-5-7-16)21(22)17-10-8-15(9-11-17)19-14-25-23(28-19)18-12-13-18/h3-11,14,18,20-22H,2,12-13H2,1H3/t20-,21-,22-/m1/s1. The summed E-state index contributed by atoms with van der Waals surface area (Å²) in [5.41, 5.74) is 3.38. The van der Waals surface area contributed by atoms with E-state index in [1.165, 1.54) is 18.4 Å². The molecule has 0 aliphatic heterocycles. The largest absolute Gasteiger partial charge is 0.466 e. The van der Waals surface area contributed by atoms with E-state index in [1.807, 2.05) is 31.3 Å². The average Bonchev–Trinajstić information content (AvgIpc) is 3.66. The van der Waals surface area contributed by atoms with Crippen molar-refractivity contribution in [3.63, 3.8) is 0 Å². The third kappa shape index (κ3) is 3.13. The van der Waals surface area contributed by atoms with Gasteiger partial charge in [0.25, 0.3) is 0 Å². The molecule has 0 radical (unpaired) electrons. The second kappa shape index (κ2) is 6.93. The molecule has 4 nitrogen and oxygen atoms in total. The number of hydrogen-bond acceptors (Lipinski definition) is 4. The molecular weight excluding hydrogens is 350 g/mol. The molecule has 3 atom stereocenters. The van der Waals surface area contributed by atoms with Crippen molar-refractivity contribution < 1.29 is 13.9 Å². The Bertz CT molecular complexity index is 973. The molecule has 0 bridgehead atoms. The van der Waals surface area contributed by atoms with Gasteiger partial charge in [-0.3, -0.25) is 4.79 Å². The highest BCUT2D eigenvalue weighted by molar-refractivity contribution is 5.80. The first-order valence-corrected chi connectivity index (χ1v) is 10.0. The van der Waals surface area contributed by atoms with E-state index in [9.17, 15) is 4.79 Å². The van der Waals surface area contributed by atoms with Gasteiger partial charge in [-0.05, 0) is 30.9 Å². The van der Waals surface area contributed by atoms with E-state index < -0.39 is 0 Å². The lowest BCUT2D eigenvalue weighted by atomic mass is 10.0. The van der Waals surface area contributed by atoms with Crippen molar-refractivity contribution in [1.82, 2.24) is 4.98 Å². The third-order valence-corrected chi connectivity index (χ3v) is 5.79. The molecule has 28 heavy (non-hydrogen) atoms. The van der Waals surface area contributed by atoms with Gasteiger partial charge in [0.2, 0.25) is 0 Å². The Morgan fingerprint density at radius 2 is 1.71 bits per heavy atom. The summed E-state index contributed by atoms with van der Waals surface area (Å²) in [5, 5.41) is 0. The van der Waals surface area contributed by atoms with Crippen molar-refractivity contribution in [1.29, 1.82) is 0 Å². The molecule has 5 rings (SSSR count). The fourth-order valence-electron chi connectivity index (χ4n) is 4.16. The first-order chi connectivity index (χ1) is 13.8. The number of rotatable bonds is 6. The van der Waals surface area contributed by atoms with Crippen LogP contribution < -0.4 is 0 Å². The van der Waals surface area contributed by atoms with E-state index in [4.69, 9.17) is 9.15 Å². The molecule has 142 valence electrons. The first-order valence-electron chi connectivity index (χ1n) is 10.0. The quantitative estimate of drug-likeness (QED) is 0.552. The van der Waals surface area contributed by atoms with Crippen LogP contribution in [0.15, 0.2) is 65.2 Å². The SMILES string of the molecule is CCOC(=O)[C@@H]1[C@H](c2ccccc2)[C@H]1c1ccc(-c2cnc(C3CC3)o2)cc1.